The van der Waals surface area contributed by atoms with E-state index >= 15 is 0 Å². The van der Waals surface area contributed by atoms with Crippen molar-refractivity contribution in [1.82, 2.24) is 5.32 Å². The van der Waals surface area contributed by atoms with Gasteiger partial charge in [0.2, 0.25) is 0 Å². The van der Waals surface area contributed by atoms with Crippen molar-refractivity contribution in [1.29, 1.82) is 0 Å². The van der Waals surface area contributed by atoms with Gasteiger partial charge >= 0.3 is 5.97 Å². The van der Waals surface area contributed by atoms with Crippen LogP contribution in [0.3, 0.4) is 0 Å². The highest BCUT2D eigenvalue weighted by Gasteiger charge is 2.35. The first-order valence-electron chi connectivity index (χ1n) is 8.38. The molecule has 0 heterocycles. The van der Waals surface area contributed by atoms with E-state index in [2.05, 4.69) is 19.2 Å². The maximum absolute atomic E-state index is 11.9. The minimum absolute atomic E-state index is 0.0225. The smallest absolute Gasteiger partial charge is 0.325 e. The summed E-state index contributed by atoms with van der Waals surface area (Å²) in [6.07, 6.45) is 7.00. The van der Waals surface area contributed by atoms with Gasteiger partial charge in [-0.25, -0.2) is 0 Å². The lowest BCUT2D eigenvalue weighted by Crippen LogP contribution is -2.52. The molecule has 0 radical (unpaired) electrons. The topological polar surface area (TPSA) is 47.6 Å². The van der Waals surface area contributed by atoms with Crippen LogP contribution < -0.4 is 5.32 Å². The van der Waals surface area contributed by atoms with Crippen molar-refractivity contribution in [3.8, 4) is 0 Å². The fourth-order valence-corrected chi connectivity index (χ4v) is 2.79. The van der Waals surface area contributed by atoms with E-state index in [1.54, 1.807) is 0 Å². The van der Waals surface area contributed by atoms with Crippen molar-refractivity contribution in [2.45, 2.75) is 90.9 Å². The van der Waals surface area contributed by atoms with Crippen LogP contribution in [-0.4, -0.2) is 37.4 Å². The first-order chi connectivity index (χ1) is 9.89. The van der Waals surface area contributed by atoms with Crippen LogP contribution >= 0.6 is 0 Å². The molecule has 4 nitrogen and oxygen atoms in total. The third kappa shape index (κ3) is 8.42. The summed E-state index contributed by atoms with van der Waals surface area (Å²) in [6.45, 7) is 11.0. The number of hydrogen-bond acceptors (Lipinski definition) is 4. The van der Waals surface area contributed by atoms with Crippen molar-refractivity contribution in [2.24, 2.45) is 0 Å². The second-order valence-corrected chi connectivity index (χ2v) is 6.16. The number of unbranched alkanes of at least 4 members (excludes halogenated alkanes) is 3. The van der Waals surface area contributed by atoms with Gasteiger partial charge in [0.25, 0.3) is 0 Å². The second-order valence-electron chi connectivity index (χ2n) is 6.16. The van der Waals surface area contributed by atoms with Crippen molar-refractivity contribution < 1.29 is 14.3 Å². The molecule has 0 aromatic rings. The molecule has 0 fully saturated rings. The van der Waals surface area contributed by atoms with Crippen LogP contribution in [-0.2, 0) is 14.3 Å². The lowest BCUT2D eigenvalue weighted by atomic mass is 9.94. The predicted octanol–water partition coefficient (Wildman–Crippen LogP) is 3.68. The zero-order valence-electron chi connectivity index (χ0n) is 14.8. The third-order valence-electron chi connectivity index (χ3n) is 3.83. The van der Waals surface area contributed by atoms with Crippen LogP contribution in [0.2, 0.25) is 0 Å². The molecule has 0 aliphatic carbocycles. The summed E-state index contributed by atoms with van der Waals surface area (Å²) >= 11 is 0. The summed E-state index contributed by atoms with van der Waals surface area (Å²) in [5.41, 5.74) is -0.676. The molecule has 0 saturated carbocycles. The van der Waals surface area contributed by atoms with E-state index in [0.717, 1.165) is 13.0 Å². The molecule has 0 bridgehead atoms. The monoisotopic (exact) mass is 301 g/mol. The number of ether oxygens (including phenoxy) is 2. The number of carbonyl (C=O) groups is 1. The van der Waals surface area contributed by atoms with E-state index in [-0.39, 0.29) is 18.2 Å². The van der Waals surface area contributed by atoms with Crippen LogP contribution in [0.25, 0.3) is 0 Å². The molecule has 3 unspecified atom stereocenters. The quantitative estimate of drug-likeness (QED) is 0.441. The molecular formula is C17H35NO3. The van der Waals surface area contributed by atoms with Crippen LogP contribution in [0.15, 0.2) is 0 Å². The molecule has 0 spiro atoms. The van der Waals surface area contributed by atoms with Gasteiger partial charge in [0.05, 0.1) is 19.3 Å². The lowest BCUT2D eigenvalue weighted by Gasteiger charge is -2.31. The van der Waals surface area contributed by atoms with E-state index in [1.807, 2.05) is 20.8 Å². The molecule has 21 heavy (non-hydrogen) atoms. The summed E-state index contributed by atoms with van der Waals surface area (Å²) in [5.74, 6) is -0.226. The SMILES string of the molecule is CCCCCCC(C)OC(C)CC(C)(NCC)C(=O)OC. The minimum atomic E-state index is -0.676. The molecule has 1 N–H and O–H groups in total. The highest BCUT2D eigenvalue weighted by atomic mass is 16.5. The van der Waals surface area contributed by atoms with Gasteiger partial charge in [0, 0.05) is 6.42 Å². The number of likely N-dealkylation sites (N-methyl/N-ethyl adjacent to an activating group) is 1. The first-order valence-corrected chi connectivity index (χ1v) is 8.38. The Morgan fingerprint density at radius 3 is 2.33 bits per heavy atom. The van der Waals surface area contributed by atoms with Gasteiger partial charge in [-0.05, 0) is 33.7 Å². The molecule has 0 aliphatic rings. The van der Waals surface area contributed by atoms with Gasteiger partial charge in [-0.2, -0.15) is 0 Å². The normalized spacial score (nSPS) is 17.0. The average Bonchev–Trinajstić information content (AvgIpc) is 2.42. The Kier molecular flexibility index (Phi) is 10.7. The van der Waals surface area contributed by atoms with Crippen molar-refractivity contribution >= 4 is 5.97 Å². The predicted molar refractivity (Wildman–Crippen MR) is 87.5 cm³/mol. The summed E-state index contributed by atoms with van der Waals surface area (Å²) in [5, 5.41) is 3.22. The van der Waals surface area contributed by atoms with Gasteiger partial charge in [-0.15, -0.1) is 0 Å². The Morgan fingerprint density at radius 2 is 1.81 bits per heavy atom. The van der Waals surface area contributed by atoms with Crippen molar-refractivity contribution in [3.05, 3.63) is 0 Å². The third-order valence-corrected chi connectivity index (χ3v) is 3.83. The van der Waals surface area contributed by atoms with E-state index in [1.165, 1.54) is 32.8 Å². The standard InChI is InChI=1S/C17H35NO3/c1-7-9-10-11-12-14(3)21-15(4)13-17(5,18-8-2)16(19)20-6/h14-15,18H,7-13H2,1-6H3. The maximum Gasteiger partial charge on any atom is 0.325 e. The molecule has 0 aromatic heterocycles. The fourth-order valence-electron chi connectivity index (χ4n) is 2.79. The molecule has 0 rings (SSSR count). The van der Waals surface area contributed by atoms with Crippen LogP contribution in [0.1, 0.15) is 73.1 Å². The summed E-state index contributed by atoms with van der Waals surface area (Å²) in [6, 6.07) is 0. The zero-order chi connectivity index (χ0) is 16.3. The number of hydrogen-bond donors (Lipinski definition) is 1. The lowest BCUT2D eigenvalue weighted by molar-refractivity contribution is -0.150. The highest BCUT2D eigenvalue weighted by Crippen LogP contribution is 2.19. The van der Waals surface area contributed by atoms with Crippen LogP contribution in [0, 0.1) is 0 Å². The highest BCUT2D eigenvalue weighted by molar-refractivity contribution is 5.80. The van der Waals surface area contributed by atoms with Gasteiger partial charge in [0.1, 0.15) is 5.54 Å². The van der Waals surface area contributed by atoms with Crippen LogP contribution in [0.5, 0.6) is 0 Å². The van der Waals surface area contributed by atoms with Crippen molar-refractivity contribution in [3.63, 3.8) is 0 Å². The van der Waals surface area contributed by atoms with Crippen LogP contribution in [0.4, 0.5) is 0 Å². The Morgan fingerprint density at radius 1 is 1.14 bits per heavy atom. The molecule has 4 heteroatoms. The molecule has 0 aliphatic heterocycles. The largest absolute Gasteiger partial charge is 0.468 e. The Hall–Kier alpha value is -0.610. The van der Waals surface area contributed by atoms with Crippen molar-refractivity contribution in [2.75, 3.05) is 13.7 Å². The Balaban J connectivity index is 4.24. The molecule has 0 saturated heterocycles. The van der Waals surface area contributed by atoms with Gasteiger partial charge < -0.3 is 14.8 Å². The van der Waals surface area contributed by atoms with E-state index in [0.29, 0.717) is 6.42 Å². The first kappa shape index (κ1) is 20.4. The average molecular weight is 301 g/mol. The van der Waals surface area contributed by atoms with E-state index in [9.17, 15) is 4.79 Å². The molecular weight excluding hydrogens is 266 g/mol. The number of nitrogens with one attached hydrogen (secondary N) is 1. The number of esters is 1. The molecule has 126 valence electrons. The number of carbonyl (C=O) groups excluding carboxylic acids is 1. The number of rotatable bonds is 12. The minimum Gasteiger partial charge on any atom is -0.468 e. The molecule has 0 aromatic carbocycles. The van der Waals surface area contributed by atoms with E-state index < -0.39 is 5.54 Å². The number of methoxy groups -OCH3 is 1. The Labute approximate surface area is 131 Å². The van der Waals surface area contributed by atoms with Gasteiger partial charge in [-0.1, -0.05) is 39.5 Å². The molecule has 0 amide bonds. The maximum atomic E-state index is 11.9. The fraction of sp³-hybridized carbons (Fsp3) is 0.941. The summed E-state index contributed by atoms with van der Waals surface area (Å²) < 4.78 is 10.9. The summed E-state index contributed by atoms with van der Waals surface area (Å²) in [4.78, 5) is 11.9. The molecule has 3 atom stereocenters. The van der Waals surface area contributed by atoms with E-state index in [4.69, 9.17) is 9.47 Å². The Bertz CT molecular complexity index is 283. The second kappa shape index (κ2) is 11.0. The zero-order valence-corrected chi connectivity index (χ0v) is 14.8. The van der Waals surface area contributed by atoms with Gasteiger partial charge in [0.15, 0.2) is 0 Å². The van der Waals surface area contributed by atoms with Gasteiger partial charge in [-0.3, -0.25) is 4.79 Å². The summed E-state index contributed by atoms with van der Waals surface area (Å²) in [7, 11) is 1.43.